The number of carbonyl (C=O) groups is 3. The molecule has 4 N–H and O–H groups in total. The second-order valence-corrected chi connectivity index (χ2v) is 10.4. The van der Waals surface area contributed by atoms with Crippen LogP contribution in [0, 0.1) is 12.8 Å². The molecule has 1 aromatic heterocycles. The molecule has 194 valence electrons. The fraction of sp³-hybridized carbons (Fsp3) is 0.258. The summed E-state index contributed by atoms with van der Waals surface area (Å²) in [4.78, 5) is 44.3. The van der Waals surface area contributed by atoms with E-state index in [4.69, 9.17) is 5.73 Å². The summed E-state index contributed by atoms with van der Waals surface area (Å²) in [6, 6.07) is 22.6. The number of carbonyl (C=O) groups excluding carboxylic acids is 3. The predicted molar refractivity (Wildman–Crippen MR) is 148 cm³/mol. The van der Waals surface area contributed by atoms with Crippen LogP contribution in [-0.2, 0) is 9.59 Å². The fourth-order valence-corrected chi connectivity index (χ4v) is 5.43. The van der Waals surface area contributed by atoms with Crippen LogP contribution < -0.4 is 11.1 Å². The molecule has 2 unspecified atom stereocenters. The smallest absolute Gasteiger partial charge is 0.255 e. The Morgan fingerprint density at radius 3 is 2.39 bits per heavy atom. The lowest BCUT2D eigenvalue weighted by atomic mass is 9.91. The molecule has 38 heavy (non-hydrogen) atoms. The normalized spacial score (nSPS) is 15.6. The summed E-state index contributed by atoms with van der Waals surface area (Å²) in [5.74, 6) is -1.10. The molecule has 2 heterocycles. The van der Waals surface area contributed by atoms with Gasteiger partial charge in [-0.2, -0.15) is 0 Å². The van der Waals surface area contributed by atoms with E-state index in [-0.39, 0.29) is 24.3 Å². The maximum Gasteiger partial charge on any atom is 0.255 e. The molecule has 0 radical (unpaired) electrons. The maximum atomic E-state index is 14.0. The lowest BCUT2D eigenvalue weighted by molar-refractivity contribution is -0.129. The largest absolute Gasteiger partial charge is 0.368 e. The van der Waals surface area contributed by atoms with Crippen LogP contribution in [0.4, 0.5) is 0 Å². The molecule has 3 aromatic carbocycles. The van der Waals surface area contributed by atoms with Gasteiger partial charge in [-0.1, -0.05) is 80.1 Å². The Kier molecular flexibility index (Phi) is 6.76. The van der Waals surface area contributed by atoms with Crippen LogP contribution in [0.3, 0.4) is 0 Å². The first-order valence-electron chi connectivity index (χ1n) is 12.9. The van der Waals surface area contributed by atoms with Crippen molar-refractivity contribution in [2.45, 2.75) is 39.3 Å². The third kappa shape index (κ3) is 4.56. The first-order chi connectivity index (χ1) is 18.3. The second-order valence-electron chi connectivity index (χ2n) is 10.4. The topological polar surface area (TPSA) is 108 Å². The van der Waals surface area contributed by atoms with Gasteiger partial charge in [0.1, 0.15) is 6.04 Å². The maximum absolute atomic E-state index is 14.0. The summed E-state index contributed by atoms with van der Waals surface area (Å²) in [6.45, 7) is 5.79. The first-order valence-corrected chi connectivity index (χ1v) is 12.9. The molecule has 0 saturated carbocycles. The zero-order valence-corrected chi connectivity index (χ0v) is 21.8. The van der Waals surface area contributed by atoms with Gasteiger partial charge < -0.3 is 20.9 Å². The van der Waals surface area contributed by atoms with Gasteiger partial charge in [0.05, 0.1) is 18.3 Å². The SMILES string of the molecule is Cc1ccc(-c2[nH]c3ccccc3c2C2c3ccccc3C(=O)N2C(CC(C)C)C(=O)NCC(N)=O)cc1. The van der Waals surface area contributed by atoms with Gasteiger partial charge >= 0.3 is 0 Å². The molecule has 7 nitrogen and oxygen atoms in total. The zero-order valence-electron chi connectivity index (χ0n) is 21.8. The van der Waals surface area contributed by atoms with Gasteiger partial charge in [0.2, 0.25) is 11.8 Å². The highest BCUT2D eigenvalue weighted by Crippen LogP contribution is 2.46. The van der Waals surface area contributed by atoms with E-state index in [2.05, 4.69) is 34.6 Å². The van der Waals surface area contributed by atoms with Crippen LogP contribution in [0.1, 0.15) is 53.4 Å². The molecule has 0 fully saturated rings. The number of nitrogens with one attached hydrogen (secondary N) is 2. The van der Waals surface area contributed by atoms with Crippen LogP contribution in [0.2, 0.25) is 0 Å². The Morgan fingerprint density at radius 2 is 1.68 bits per heavy atom. The molecule has 0 saturated heterocycles. The molecule has 5 rings (SSSR count). The number of nitrogens with two attached hydrogens (primary N) is 1. The molecule has 0 spiro atoms. The third-order valence-electron chi connectivity index (χ3n) is 7.13. The second kappa shape index (κ2) is 10.2. The first kappa shape index (κ1) is 25.3. The Balaban J connectivity index is 1.74. The van der Waals surface area contributed by atoms with Crippen molar-refractivity contribution in [1.82, 2.24) is 15.2 Å². The average Bonchev–Trinajstić information content (AvgIpc) is 3.41. The number of rotatable bonds is 8. The molecular weight excluding hydrogens is 476 g/mol. The molecule has 0 aliphatic carbocycles. The average molecular weight is 509 g/mol. The number of amides is 3. The van der Waals surface area contributed by atoms with Crippen molar-refractivity contribution in [2.75, 3.05) is 6.54 Å². The quantitative estimate of drug-likeness (QED) is 0.321. The Bertz CT molecular complexity index is 1520. The van der Waals surface area contributed by atoms with Crippen LogP contribution in [0.5, 0.6) is 0 Å². The highest BCUT2D eigenvalue weighted by Gasteiger charge is 2.45. The predicted octanol–water partition coefficient (Wildman–Crippen LogP) is 4.70. The molecule has 1 aliphatic rings. The van der Waals surface area contributed by atoms with E-state index in [0.717, 1.165) is 38.9 Å². The minimum Gasteiger partial charge on any atom is -0.368 e. The van der Waals surface area contributed by atoms with E-state index in [1.54, 1.807) is 4.90 Å². The van der Waals surface area contributed by atoms with Crippen molar-refractivity contribution < 1.29 is 14.4 Å². The molecule has 1 aliphatic heterocycles. The molecule has 4 aromatic rings. The Morgan fingerprint density at radius 1 is 1.00 bits per heavy atom. The summed E-state index contributed by atoms with van der Waals surface area (Å²) in [6.07, 6.45) is 0.434. The summed E-state index contributed by atoms with van der Waals surface area (Å²) in [5.41, 5.74) is 11.7. The molecule has 0 bridgehead atoms. The van der Waals surface area contributed by atoms with E-state index in [9.17, 15) is 14.4 Å². The van der Waals surface area contributed by atoms with Crippen LogP contribution in [0.15, 0.2) is 72.8 Å². The van der Waals surface area contributed by atoms with Crippen molar-refractivity contribution in [2.24, 2.45) is 11.7 Å². The number of benzene rings is 3. The summed E-state index contributed by atoms with van der Waals surface area (Å²) in [7, 11) is 0. The molecule has 3 amide bonds. The molecular formula is C31H32N4O3. The van der Waals surface area contributed by atoms with E-state index < -0.39 is 18.0 Å². The number of aromatic nitrogens is 1. The Labute approximate surface area is 222 Å². The van der Waals surface area contributed by atoms with Gasteiger partial charge in [0.25, 0.3) is 5.91 Å². The van der Waals surface area contributed by atoms with Crippen molar-refractivity contribution in [3.63, 3.8) is 0 Å². The number of H-pyrrole nitrogens is 1. The van der Waals surface area contributed by atoms with E-state index in [1.807, 2.05) is 69.3 Å². The standard InChI is InChI=1S/C31H32N4O3/c1-18(2)16-25(30(37)33-17-26(32)36)35-29(21-8-4-5-9-22(21)31(35)38)27-23-10-6-7-11-24(23)34-28(27)20-14-12-19(3)13-15-20/h4-15,18,25,29,34H,16-17H2,1-3H3,(H2,32,36)(H,33,37). The van der Waals surface area contributed by atoms with Gasteiger partial charge in [-0.15, -0.1) is 0 Å². The minimum atomic E-state index is -0.793. The van der Waals surface area contributed by atoms with Crippen molar-refractivity contribution in [3.8, 4) is 11.3 Å². The lowest BCUT2D eigenvalue weighted by Gasteiger charge is -2.34. The number of hydrogen-bond acceptors (Lipinski definition) is 3. The van der Waals surface area contributed by atoms with E-state index in [0.29, 0.717) is 12.0 Å². The van der Waals surface area contributed by atoms with Crippen LogP contribution in [-0.4, -0.2) is 40.2 Å². The van der Waals surface area contributed by atoms with Crippen molar-refractivity contribution in [1.29, 1.82) is 0 Å². The number of hydrogen-bond donors (Lipinski definition) is 3. The number of aromatic amines is 1. The van der Waals surface area contributed by atoms with Gasteiger partial charge in [-0.05, 0) is 42.5 Å². The summed E-state index contributed by atoms with van der Waals surface area (Å²) < 4.78 is 0. The number of primary amides is 1. The van der Waals surface area contributed by atoms with Crippen LogP contribution in [0.25, 0.3) is 22.2 Å². The van der Waals surface area contributed by atoms with Crippen molar-refractivity contribution in [3.05, 3.63) is 95.1 Å². The third-order valence-corrected chi connectivity index (χ3v) is 7.13. The summed E-state index contributed by atoms with van der Waals surface area (Å²) >= 11 is 0. The number of nitrogens with zero attached hydrogens (tertiary/aromatic N) is 1. The lowest BCUT2D eigenvalue weighted by Crippen LogP contribution is -2.50. The number of para-hydroxylation sites is 1. The van der Waals surface area contributed by atoms with Gasteiger partial charge in [0.15, 0.2) is 0 Å². The highest BCUT2D eigenvalue weighted by molar-refractivity contribution is 6.04. The van der Waals surface area contributed by atoms with Gasteiger partial charge in [-0.3, -0.25) is 14.4 Å². The van der Waals surface area contributed by atoms with Crippen molar-refractivity contribution >= 4 is 28.6 Å². The zero-order chi connectivity index (χ0) is 27.0. The summed E-state index contributed by atoms with van der Waals surface area (Å²) in [5, 5.41) is 3.64. The monoisotopic (exact) mass is 508 g/mol. The number of fused-ring (bicyclic) bond motifs is 2. The van der Waals surface area contributed by atoms with Gasteiger partial charge in [-0.25, -0.2) is 0 Å². The molecule has 2 atom stereocenters. The van der Waals surface area contributed by atoms with Crippen LogP contribution >= 0.6 is 0 Å². The number of aryl methyl sites for hydroxylation is 1. The Hall–Kier alpha value is -4.39. The van der Waals surface area contributed by atoms with E-state index in [1.165, 1.54) is 0 Å². The molecule has 7 heteroatoms. The van der Waals surface area contributed by atoms with E-state index >= 15 is 0 Å². The highest BCUT2D eigenvalue weighted by atomic mass is 16.2. The minimum absolute atomic E-state index is 0.121. The fourth-order valence-electron chi connectivity index (χ4n) is 5.43. The van der Waals surface area contributed by atoms with Gasteiger partial charge in [0, 0.05) is 22.0 Å².